The standard InChI is InChI=1S/C13H18FN3O/c1-13(9-15)3-6-17(7-4-13)12(18)10-2-5-16-8-11(10)14/h2,5,8H,3-4,6-7,9,15H2,1H3. The average molecular weight is 251 g/mol. The number of hydrogen-bond acceptors (Lipinski definition) is 3. The van der Waals surface area contributed by atoms with Crippen molar-refractivity contribution in [2.45, 2.75) is 19.8 Å². The van der Waals surface area contributed by atoms with Gasteiger partial charge in [0.2, 0.25) is 0 Å². The van der Waals surface area contributed by atoms with Crippen LogP contribution >= 0.6 is 0 Å². The minimum Gasteiger partial charge on any atom is -0.339 e. The monoisotopic (exact) mass is 251 g/mol. The number of carbonyl (C=O) groups excluding carboxylic acids is 1. The molecule has 0 spiro atoms. The van der Waals surface area contributed by atoms with Crippen LogP contribution in [0.2, 0.25) is 0 Å². The Morgan fingerprint density at radius 3 is 2.78 bits per heavy atom. The second kappa shape index (κ2) is 5.02. The number of likely N-dealkylation sites (tertiary alicyclic amines) is 1. The van der Waals surface area contributed by atoms with Crippen molar-refractivity contribution < 1.29 is 9.18 Å². The Morgan fingerprint density at radius 2 is 2.22 bits per heavy atom. The second-order valence-corrected chi connectivity index (χ2v) is 5.16. The van der Waals surface area contributed by atoms with Gasteiger partial charge in [-0.2, -0.15) is 0 Å². The second-order valence-electron chi connectivity index (χ2n) is 5.16. The predicted molar refractivity (Wildman–Crippen MR) is 66.5 cm³/mol. The first-order valence-corrected chi connectivity index (χ1v) is 6.15. The van der Waals surface area contributed by atoms with E-state index in [1.807, 2.05) is 0 Å². The van der Waals surface area contributed by atoms with Crippen LogP contribution in [0.5, 0.6) is 0 Å². The fourth-order valence-corrected chi connectivity index (χ4v) is 2.17. The van der Waals surface area contributed by atoms with Gasteiger partial charge in [-0.15, -0.1) is 0 Å². The minimum absolute atomic E-state index is 0.0985. The van der Waals surface area contributed by atoms with Crippen molar-refractivity contribution >= 4 is 5.91 Å². The van der Waals surface area contributed by atoms with E-state index in [-0.39, 0.29) is 16.9 Å². The lowest BCUT2D eigenvalue weighted by Gasteiger charge is -2.38. The molecule has 0 aliphatic carbocycles. The summed E-state index contributed by atoms with van der Waals surface area (Å²) in [6, 6.07) is 1.43. The molecule has 0 unspecified atom stereocenters. The van der Waals surface area contributed by atoms with Gasteiger partial charge in [0.05, 0.1) is 11.8 Å². The highest BCUT2D eigenvalue weighted by molar-refractivity contribution is 5.94. The highest BCUT2D eigenvalue weighted by Gasteiger charge is 2.31. The highest BCUT2D eigenvalue weighted by Crippen LogP contribution is 2.30. The zero-order chi connectivity index (χ0) is 13.2. The number of hydrogen-bond donors (Lipinski definition) is 1. The molecule has 0 radical (unpaired) electrons. The first-order chi connectivity index (χ1) is 8.56. The first kappa shape index (κ1) is 13.0. The third-order valence-corrected chi connectivity index (χ3v) is 3.75. The van der Waals surface area contributed by atoms with Gasteiger partial charge in [-0.25, -0.2) is 4.39 Å². The van der Waals surface area contributed by atoms with Crippen LogP contribution in [0.3, 0.4) is 0 Å². The smallest absolute Gasteiger partial charge is 0.256 e. The Balaban J connectivity index is 2.07. The summed E-state index contributed by atoms with van der Waals surface area (Å²) in [5.41, 5.74) is 5.93. The van der Waals surface area contributed by atoms with Crippen molar-refractivity contribution in [2.75, 3.05) is 19.6 Å². The van der Waals surface area contributed by atoms with E-state index in [1.54, 1.807) is 4.90 Å². The molecule has 2 rings (SSSR count). The van der Waals surface area contributed by atoms with Crippen molar-refractivity contribution in [2.24, 2.45) is 11.1 Å². The fourth-order valence-electron chi connectivity index (χ4n) is 2.17. The summed E-state index contributed by atoms with van der Waals surface area (Å²) in [5, 5.41) is 0. The molecule has 1 aliphatic heterocycles. The van der Waals surface area contributed by atoms with Gasteiger partial charge in [0.15, 0.2) is 5.82 Å². The molecule has 2 heterocycles. The summed E-state index contributed by atoms with van der Waals surface area (Å²) < 4.78 is 13.5. The predicted octanol–water partition coefficient (Wildman–Crippen LogP) is 1.42. The van der Waals surface area contributed by atoms with E-state index in [0.717, 1.165) is 19.0 Å². The van der Waals surface area contributed by atoms with Gasteiger partial charge in [0, 0.05) is 19.3 Å². The van der Waals surface area contributed by atoms with Crippen LogP contribution in [0, 0.1) is 11.2 Å². The molecule has 98 valence electrons. The summed E-state index contributed by atoms with van der Waals surface area (Å²) in [4.78, 5) is 17.5. The van der Waals surface area contributed by atoms with E-state index in [2.05, 4.69) is 11.9 Å². The van der Waals surface area contributed by atoms with Crippen LogP contribution in [0.1, 0.15) is 30.1 Å². The van der Waals surface area contributed by atoms with Crippen LogP contribution < -0.4 is 5.73 Å². The van der Waals surface area contributed by atoms with Crippen LogP contribution in [0.25, 0.3) is 0 Å². The molecule has 1 saturated heterocycles. The van der Waals surface area contributed by atoms with Gasteiger partial charge < -0.3 is 10.6 Å². The molecule has 1 aromatic rings. The number of halogens is 1. The number of nitrogens with two attached hydrogens (primary N) is 1. The summed E-state index contributed by atoms with van der Waals surface area (Å²) in [7, 11) is 0. The SMILES string of the molecule is CC1(CN)CCN(C(=O)c2ccncc2F)CC1. The largest absolute Gasteiger partial charge is 0.339 e. The quantitative estimate of drug-likeness (QED) is 0.864. The molecule has 0 bridgehead atoms. The lowest BCUT2D eigenvalue weighted by Crippen LogP contribution is -2.45. The maximum absolute atomic E-state index is 13.5. The summed E-state index contributed by atoms with van der Waals surface area (Å²) in [5.74, 6) is -0.816. The molecule has 1 amide bonds. The lowest BCUT2D eigenvalue weighted by molar-refractivity contribution is 0.0613. The van der Waals surface area contributed by atoms with Gasteiger partial charge in [-0.1, -0.05) is 6.92 Å². The molecule has 18 heavy (non-hydrogen) atoms. The van der Waals surface area contributed by atoms with Crippen molar-refractivity contribution in [3.8, 4) is 0 Å². The molecule has 0 saturated carbocycles. The number of nitrogens with zero attached hydrogens (tertiary/aromatic N) is 2. The van der Waals surface area contributed by atoms with Crippen LogP contribution in [-0.2, 0) is 0 Å². The molecule has 4 nitrogen and oxygen atoms in total. The molecule has 5 heteroatoms. The number of carbonyl (C=O) groups is 1. The molecule has 1 aliphatic rings. The van der Waals surface area contributed by atoms with Gasteiger partial charge >= 0.3 is 0 Å². The Bertz CT molecular complexity index is 442. The van der Waals surface area contributed by atoms with Crippen molar-refractivity contribution in [1.82, 2.24) is 9.88 Å². The van der Waals surface area contributed by atoms with Gasteiger partial charge in [0.25, 0.3) is 5.91 Å². The normalized spacial score (nSPS) is 18.7. The zero-order valence-corrected chi connectivity index (χ0v) is 10.5. The first-order valence-electron chi connectivity index (χ1n) is 6.15. The summed E-state index contributed by atoms with van der Waals surface area (Å²) in [6.45, 7) is 4.02. The molecule has 0 aromatic carbocycles. The third-order valence-electron chi connectivity index (χ3n) is 3.75. The Labute approximate surface area is 106 Å². The Hall–Kier alpha value is -1.49. The number of aromatic nitrogens is 1. The summed E-state index contributed by atoms with van der Waals surface area (Å²) >= 11 is 0. The highest BCUT2D eigenvalue weighted by atomic mass is 19.1. The minimum atomic E-state index is -0.560. The van der Waals surface area contributed by atoms with Crippen LogP contribution in [0.15, 0.2) is 18.5 Å². The zero-order valence-electron chi connectivity index (χ0n) is 10.5. The maximum atomic E-state index is 13.5. The molecular weight excluding hydrogens is 233 g/mol. The van der Waals surface area contributed by atoms with Crippen molar-refractivity contribution in [1.29, 1.82) is 0 Å². The average Bonchev–Trinajstić information content (AvgIpc) is 2.39. The molecule has 0 atom stereocenters. The van der Waals surface area contributed by atoms with Gasteiger partial charge in [-0.3, -0.25) is 9.78 Å². The van der Waals surface area contributed by atoms with E-state index in [0.29, 0.717) is 19.6 Å². The van der Waals surface area contributed by atoms with Crippen molar-refractivity contribution in [3.63, 3.8) is 0 Å². The molecular formula is C13H18FN3O. The van der Waals surface area contributed by atoms with E-state index in [1.165, 1.54) is 12.3 Å². The van der Waals surface area contributed by atoms with Gasteiger partial charge in [0.1, 0.15) is 0 Å². The molecule has 1 fully saturated rings. The van der Waals surface area contributed by atoms with Gasteiger partial charge in [-0.05, 0) is 30.9 Å². The number of amides is 1. The number of piperidine rings is 1. The third kappa shape index (κ3) is 2.51. The van der Waals surface area contributed by atoms with Crippen LogP contribution in [0.4, 0.5) is 4.39 Å². The fraction of sp³-hybridized carbons (Fsp3) is 0.538. The van der Waals surface area contributed by atoms with E-state index in [9.17, 15) is 9.18 Å². The Kier molecular flexibility index (Phi) is 3.61. The molecule has 2 N–H and O–H groups in total. The van der Waals surface area contributed by atoms with E-state index < -0.39 is 5.82 Å². The van der Waals surface area contributed by atoms with E-state index in [4.69, 9.17) is 5.73 Å². The Morgan fingerprint density at radius 1 is 1.56 bits per heavy atom. The van der Waals surface area contributed by atoms with Crippen LogP contribution in [-0.4, -0.2) is 35.4 Å². The molecule has 1 aromatic heterocycles. The maximum Gasteiger partial charge on any atom is 0.256 e. The lowest BCUT2D eigenvalue weighted by atomic mass is 9.80. The van der Waals surface area contributed by atoms with E-state index >= 15 is 0 Å². The van der Waals surface area contributed by atoms with Crippen molar-refractivity contribution in [3.05, 3.63) is 29.8 Å². The topological polar surface area (TPSA) is 59.2 Å². The number of rotatable bonds is 2. The number of pyridine rings is 1. The summed E-state index contributed by atoms with van der Waals surface area (Å²) in [6.07, 6.45) is 4.23.